The second-order valence-corrected chi connectivity index (χ2v) is 10.3. The van der Waals surface area contributed by atoms with Gasteiger partial charge in [0.2, 0.25) is 10.0 Å². The van der Waals surface area contributed by atoms with Crippen LogP contribution in [0.2, 0.25) is 0 Å². The molecule has 1 amide bonds. The molecule has 7 nitrogen and oxygen atoms in total. The van der Waals surface area contributed by atoms with E-state index >= 15 is 0 Å². The molecule has 1 aromatic rings. The number of nitrogens with zero attached hydrogens (tertiary/aromatic N) is 1. The molecule has 1 saturated heterocycles. The van der Waals surface area contributed by atoms with Crippen LogP contribution in [0.5, 0.6) is 0 Å². The second-order valence-electron chi connectivity index (χ2n) is 8.40. The molecule has 0 saturated carbocycles. The quantitative estimate of drug-likeness (QED) is 0.648. The zero-order valence-corrected chi connectivity index (χ0v) is 18.5. The number of carbonyl (C=O) groups is 2. The molecule has 2 rings (SSSR count). The van der Waals surface area contributed by atoms with E-state index in [0.29, 0.717) is 25.6 Å². The Morgan fingerprint density at radius 2 is 1.86 bits per heavy atom. The monoisotopic (exact) mass is 424 g/mol. The summed E-state index contributed by atoms with van der Waals surface area (Å²) in [6, 6.07) is 5.80. The van der Waals surface area contributed by atoms with E-state index in [0.717, 1.165) is 12.8 Å². The lowest BCUT2D eigenvalue weighted by atomic mass is 9.94. The molecule has 1 aliphatic heterocycles. The molecular formula is C21H32N2O5S. The standard InChI is InChI=1S/C21H32N2O5S/c1-15(2)8-9-22-20(24)14-28-21(25)18-6-5-7-19(11-18)29(26,27)23-12-16(3)10-17(4)13-23/h5-7,11,15-17H,8-10,12-14H2,1-4H3,(H,22,24). The molecule has 162 valence electrons. The predicted molar refractivity (Wildman–Crippen MR) is 111 cm³/mol. The molecule has 2 atom stereocenters. The number of esters is 1. The van der Waals surface area contributed by atoms with Crippen LogP contribution in [0.25, 0.3) is 0 Å². The van der Waals surface area contributed by atoms with Gasteiger partial charge in [0.05, 0.1) is 10.5 Å². The molecular weight excluding hydrogens is 392 g/mol. The van der Waals surface area contributed by atoms with Gasteiger partial charge in [-0.2, -0.15) is 4.31 Å². The summed E-state index contributed by atoms with van der Waals surface area (Å²) in [6.45, 7) is 9.26. The Balaban J connectivity index is 2.01. The molecule has 0 radical (unpaired) electrons. The van der Waals surface area contributed by atoms with E-state index in [9.17, 15) is 18.0 Å². The van der Waals surface area contributed by atoms with E-state index in [4.69, 9.17) is 4.74 Å². The van der Waals surface area contributed by atoms with Crippen molar-refractivity contribution in [3.05, 3.63) is 29.8 Å². The van der Waals surface area contributed by atoms with Gasteiger partial charge in [0.1, 0.15) is 0 Å². The van der Waals surface area contributed by atoms with Crippen molar-refractivity contribution in [2.24, 2.45) is 17.8 Å². The van der Waals surface area contributed by atoms with Gasteiger partial charge in [-0.1, -0.05) is 33.8 Å². The Hall–Kier alpha value is -1.93. The number of hydrogen-bond acceptors (Lipinski definition) is 5. The van der Waals surface area contributed by atoms with E-state index in [-0.39, 0.29) is 28.2 Å². The Labute approximate surface area is 173 Å². The van der Waals surface area contributed by atoms with Crippen molar-refractivity contribution in [2.45, 2.75) is 45.4 Å². The van der Waals surface area contributed by atoms with Gasteiger partial charge >= 0.3 is 5.97 Å². The maximum absolute atomic E-state index is 13.0. The van der Waals surface area contributed by atoms with E-state index in [1.54, 1.807) is 0 Å². The molecule has 1 aromatic carbocycles. The average Bonchev–Trinajstić information content (AvgIpc) is 2.65. The van der Waals surface area contributed by atoms with Crippen LogP contribution in [0.3, 0.4) is 0 Å². The minimum Gasteiger partial charge on any atom is -0.452 e. The fraction of sp³-hybridized carbons (Fsp3) is 0.619. The molecule has 8 heteroatoms. The van der Waals surface area contributed by atoms with Gasteiger partial charge < -0.3 is 10.1 Å². The van der Waals surface area contributed by atoms with Crippen molar-refractivity contribution in [3.8, 4) is 0 Å². The summed E-state index contributed by atoms with van der Waals surface area (Å²) in [4.78, 5) is 24.1. The summed E-state index contributed by atoms with van der Waals surface area (Å²) in [6.07, 6.45) is 1.84. The molecule has 0 bridgehead atoms. The van der Waals surface area contributed by atoms with Crippen molar-refractivity contribution in [3.63, 3.8) is 0 Å². The predicted octanol–water partition coefficient (Wildman–Crippen LogP) is 2.67. The Morgan fingerprint density at radius 3 is 2.48 bits per heavy atom. The average molecular weight is 425 g/mol. The number of ether oxygens (including phenoxy) is 1. The minimum absolute atomic E-state index is 0.0645. The second kappa shape index (κ2) is 10.2. The first-order valence-corrected chi connectivity index (χ1v) is 11.6. The Kier molecular flexibility index (Phi) is 8.22. The summed E-state index contributed by atoms with van der Waals surface area (Å²) < 4.78 is 32.5. The van der Waals surface area contributed by atoms with Crippen molar-refractivity contribution < 1.29 is 22.7 Å². The molecule has 2 unspecified atom stereocenters. The third-order valence-electron chi connectivity index (χ3n) is 4.92. The number of amides is 1. The number of piperidine rings is 1. The highest BCUT2D eigenvalue weighted by molar-refractivity contribution is 7.89. The molecule has 1 N–H and O–H groups in total. The van der Waals surface area contributed by atoms with Crippen molar-refractivity contribution in [1.29, 1.82) is 0 Å². The first-order valence-electron chi connectivity index (χ1n) is 10.1. The molecule has 0 aromatic heterocycles. The highest BCUT2D eigenvalue weighted by Crippen LogP contribution is 2.27. The molecule has 1 fully saturated rings. The molecule has 29 heavy (non-hydrogen) atoms. The van der Waals surface area contributed by atoms with E-state index in [2.05, 4.69) is 19.2 Å². The number of benzene rings is 1. The third-order valence-corrected chi connectivity index (χ3v) is 6.75. The van der Waals surface area contributed by atoms with Crippen LogP contribution < -0.4 is 5.32 Å². The van der Waals surface area contributed by atoms with Crippen molar-refractivity contribution >= 4 is 21.9 Å². The Bertz CT molecular complexity index is 812. The lowest BCUT2D eigenvalue weighted by Crippen LogP contribution is -2.42. The number of nitrogens with one attached hydrogen (secondary N) is 1. The van der Waals surface area contributed by atoms with Gasteiger partial charge in [-0.3, -0.25) is 4.79 Å². The van der Waals surface area contributed by atoms with Crippen LogP contribution >= 0.6 is 0 Å². The van der Waals surface area contributed by atoms with Gasteiger partial charge in [-0.05, 0) is 48.8 Å². The Morgan fingerprint density at radius 1 is 1.21 bits per heavy atom. The number of sulfonamides is 1. The van der Waals surface area contributed by atoms with Crippen LogP contribution in [0.1, 0.15) is 50.9 Å². The van der Waals surface area contributed by atoms with E-state index in [1.807, 2.05) is 13.8 Å². The fourth-order valence-corrected chi connectivity index (χ4v) is 5.23. The van der Waals surface area contributed by atoms with Crippen molar-refractivity contribution in [1.82, 2.24) is 9.62 Å². The number of carbonyl (C=O) groups excluding carboxylic acids is 2. The summed E-state index contributed by atoms with van der Waals surface area (Å²) in [5.41, 5.74) is 0.110. The van der Waals surface area contributed by atoms with Gasteiger partial charge in [0, 0.05) is 19.6 Å². The maximum Gasteiger partial charge on any atom is 0.338 e. The topological polar surface area (TPSA) is 92.8 Å². The van der Waals surface area contributed by atoms with E-state index < -0.39 is 22.6 Å². The normalized spacial score (nSPS) is 20.4. The summed E-state index contributed by atoms with van der Waals surface area (Å²) in [5.74, 6) is -0.0549. The summed E-state index contributed by atoms with van der Waals surface area (Å²) in [5, 5.41) is 2.69. The van der Waals surface area contributed by atoms with Crippen LogP contribution in [0.4, 0.5) is 0 Å². The smallest absolute Gasteiger partial charge is 0.338 e. The zero-order chi connectivity index (χ0) is 21.6. The highest BCUT2D eigenvalue weighted by Gasteiger charge is 2.32. The molecule has 1 aliphatic rings. The lowest BCUT2D eigenvalue weighted by Gasteiger charge is -2.34. The number of hydrogen-bond donors (Lipinski definition) is 1. The first-order chi connectivity index (χ1) is 13.6. The zero-order valence-electron chi connectivity index (χ0n) is 17.7. The van der Waals surface area contributed by atoms with Crippen molar-refractivity contribution in [2.75, 3.05) is 26.2 Å². The van der Waals surface area contributed by atoms with Gasteiger partial charge in [-0.25, -0.2) is 13.2 Å². The summed E-state index contributed by atoms with van der Waals surface area (Å²) >= 11 is 0. The third kappa shape index (κ3) is 6.82. The molecule has 0 aliphatic carbocycles. The van der Waals surface area contributed by atoms with Crippen LogP contribution in [-0.4, -0.2) is 50.8 Å². The maximum atomic E-state index is 13.0. The largest absolute Gasteiger partial charge is 0.452 e. The first kappa shape index (κ1) is 23.3. The van der Waals surface area contributed by atoms with E-state index in [1.165, 1.54) is 28.6 Å². The van der Waals surface area contributed by atoms with Gasteiger partial charge in [0.15, 0.2) is 6.61 Å². The van der Waals surface area contributed by atoms with Gasteiger partial charge in [0.25, 0.3) is 5.91 Å². The van der Waals surface area contributed by atoms with Crippen LogP contribution in [0.15, 0.2) is 29.2 Å². The highest BCUT2D eigenvalue weighted by atomic mass is 32.2. The SMILES string of the molecule is CC(C)CCNC(=O)COC(=O)c1cccc(S(=O)(=O)N2CC(C)CC(C)C2)c1. The van der Waals surface area contributed by atoms with Crippen LogP contribution in [-0.2, 0) is 19.6 Å². The number of rotatable bonds is 8. The van der Waals surface area contributed by atoms with Gasteiger partial charge in [-0.15, -0.1) is 0 Å². The lowest BCUT2D eigenvalue weighted by molar-refractivity contribution is -0.124. The molecule has 1 heterocycles. The molecule has 0 spiro atoms. The summed E-state index contributed by atoms with van der Waals surface area (Å²) in [7, 11) is -3.69. The minimum atomic E-state index is -3.69. The fourth-order valence-electron chi connectivity index (χ4n) is 3.50. The van der Waals surface area contributed by atoms with Crippen LogP contribution in [0, 0.1) is 17.8 Å².